The molecule has 2 heteroatoms. The molecule has 1 aliphatic heterocycles. The number of hydrogen-bond donors (Lipinski definition) is 1. The highest BCUT2D eigenvalue weighted by atomic mass is 15.1. The number of nitrogens with zero attached hydrogens (tertiary/aromatic N) is 1. The Balaban J connectivity index is 2.00. The zero-order chi connectivity index (χ0) is 12.4. The van der Waals surface area contributed by atoms with Gasteiger partial charge < -0.3 is 5.73 Å². The van der Waals surface area contributed by atoms with Crippen molar-refractivity contribution in [1.82, 2.24) is 4.90 Å². The summed E-state index contributed by atoms with van der Waals surface area (Å²) in [5.41, 5.74) is 10.3. The Morgan fingerprint density at radius 2 is 2.18 bits per heavy atom. The third-order valence-corrected chi connectivity index (χ3v) is 4.16. The van der Waals surface area contributed by atoms with Gasteiger partial charge in [-0.1, -0.05) is 18.2 Å². The smallest absolute Gasteiger partial charge is 0.0236 e. The second-order valence-electron chi connectivity index (χ2n) is 5.50. The van der Waals surface area contributed by atoms with E-state index in [1.807, 2.05) is 0 Å². The Kier molecular flexibility index (Phi) is 3.85. The number of benzene rings is 1. The van der Waals surface area contributed by atoms with Gasteiger partial charge in [-0.05, 0) is 56.3 Å². The summed E-state index contributed by atoms with van der Waals surface area (Å²) >= 11 is 0. The molecule has 1 saturated heterocycles. The quantitative estimate of drug-likeness (QED) is 0.867. The van der Waals surface area contributed by atoms with Crippen molar-refractivity contribution in [3.8, 4) is 0 Å². The zero-order valence-electron chi connectivity index (χ0n) is 11.2. The average molecular weight is 232 g/mol. The molecule has 2 nitrogen and oxygen atoms in total. The maximum atomic E-state index is 5.98. The predicted octanol–water partition coefficient (Wildman–Crippen LogP) is 2.47. The van der Waals surface area contributed by atoms with E-state index < -0.39 is 0 Å². The standard InChI is InChI=1S/C15H24N2/c1-11-5-4-6-14(12(11)2)9-17-8-7-15(10-17)13(3)16/h4-6,13,15H,7-10,16H2,1-3H3. The Morgan fingerprint density at radius 1 is 1.41 bits per heavy atom. The summed E-state index contributed by atoms with van der Waals surface area (Å²) in [4.78, 5) is 2.54. The van der Waals surface area contributed by atoms with Crippen LogP contribution < -0.4 is 5.73 Å². The van der Waals surface area contributed by atoms with Crippen LogP contribution in [0.5, 0.6) is 0 Å². The summed E-state index contributed by atoms with van der Waals surface area (Å²) in [6.45, 7) is 9.98. The van der Waals surface area contributed by atoms with Gasteiger partial charge in [0.2, 0.25) is 0 Å². The maximum absolute atomic E-state index is 5.98. The molecule has 2 N–H and O–H groups in total. The van der Waals surface area contributed by atoms with Crippen LogP contribution in [-0.4, -0.2) is 24.0 Å². The molecule has 0 aliphatic carbocycles. The van der Waals surface area contributed by atoms with Crippen LogP contribution in [0.4, 0.5) is 0 Å². The molecule has 1 aromatic carbocycles. The lowest BCUT2D eigenvalue weighted by molar-refractivity contribution is 0.308. The van der Waals surface area contributed by atoms with E-state index in [9.17, 15) is 0 Å². The second-order valence-corrected chi connectivity index (χ2v) is 5.50. The van der Waals surface area contributed by atoms with Crippen molar-refractivity contribution in [1.29, 1.82) is 0 Å². The van der Waals surface area contributed by atoms with Gasteiger partial charge in [-0.2, -0.15) is 0 Å². The summed E-state index contributed by atoms with van der Waals surface area (Å²) in [6.07, 6.45) is 1.25. The van der Waals surface area contributed by atoms with Crippen molar-refractivity contribution in [3.63, 3.8) is 0 Å². The van der Waals surface area contributed by atoms with Gasteiger partial charge in [-0.3, -0.25) is 4.90 Å². The molecule has 0 saturated carbocycles. The summed E-state index contributed by atoms with van der Waals surface area (Å²) < 4.78 is 0. The van der Waals surface area contributed by atoms with Gasteiger partial charge in [0.1, 0.15) is 0 Å². The molecule has 0 amide bonds. The van der Waals surface area contributed by atoms with Crippen molar-refractivity contribution in [2.45, 2.75) is 39.8 Å². The van der Waals surface area contributed by atoms with Gasteiger partial charge in [0, 0.05) is 19.1 Å². The van der Waals surface area contributed by atoms with Crippen molar-refractivity contribution in [3.05, 3.63) is 34.9 Å². The van der Waals surface area contributed by atoms with E-state index in [4.69, 9.17) is 5.73 Å². The highest BCUT2D eigenvalue weighted by Crippen LogP contribution is 2.22. The zero-order valence-corrected chi connectivity index (χ0v) is 11.2. The molecule has 0 spiro atoms. The molecule has 1 heterocycles. The summed E-state index contributed by atoms with van der Waals surface area (Å²) in [7, 11) is 0. The van der Waals surface area contributed by atoms with E-state index in [1.165, 1.54) is 29.7 Å². The first kappa shape index (κ1) is 12.6. The number of likely N-dealkylation sites (tertiary alicyclic amines) is 1. The monoisotopic (exact) mass is 232 g/mol. The minimum Gasteiger partial charge on any atom is -0.328 e. The number of aryl methyl sites for hydroxylation is 1. The third-order valence-electron chi connectivity index (χ3n) is 4.16. The number of rotatable bonds is 3. The lowest BCUT2D eigenvalue weighted by Gasteiger charge is -2.19. The summed E-state index contributed by atoms with van der Waals surface area (Å²) in [5.74, 6) is 0.681. The fourth-order valence-corrected chi connectivity index (χ4v) is 2.66. The normalized spacial score (nSPS) is 22.9. The lowest BCUT2D eigenvalue weighted by atomic mass is 10.0. The van der Waals surface area contributed by atoms with Crippen LogP contribution in [0.25, 0.3) is 0 Å². The van der Waals surface area contributed by atoms with Crippen LogP contribution in [0.1, 0.15) is 30.0 Å². The van der Waals surface area contributed by atoms with Crippen molar-refractivity contribution < 1.29 is 0 Å². The van der Waals surface area contributed by atoms with Gasteiger partial charge in [0.25, 0.3) is 0 Å². The Labute approximate surface area is 105 Å². The molecule has 2 atom stereocenters. The van der Waals surface area contributed by atoms with E-state index in [-0.39, 0.29) is 0 Å². The fourth-order valence-electron chi connectivity index (χ4n) is 2.66. The molecule has 0 radical (unpaired) electrons. The molecule has 1 aliphatic rings. The van der Waals surface area contributed by atoms with E-state index in [2.05, 4.69) is 43.9 Å². The maximum Gasteiger partial charge on any atom is 0.0236 e. The SMILES string of the molecule is Cc1cccc(CN2CCC(C(C)N)C2)c1C. The van der Waals surface area contributed by atoms with Gasteiger partial charge in [-0.25, -0.2) is 0 Å². The molecule has 0 aromatic heterocycles. The first-order valence-electron chi connectivity index (χ1n) is 6.61. The lowest BCUT2D eigenvalue weighted by Crippen LogP contribution is -2.29. The Morgan fingerprint density at radius 3 is 2.82 bits per heavy atom. The van der Waals surface area contributed by atoms with Crippen LogP contribution in [0.3, 0.4) is 0 Å². The second kappa shape index (κ2) is 5.19. The van der Waals surface area contributed by atoms with Crippen LogP contribution in [0.2, 0.25) is 0 Å². The first-order chi connectivity index (χ1) is 8.08. The topological polar surface area (TPSA) is 29.3 Å². The molecule has 2 rings (SSSR count). The minimum absolute atomic E-state index is 0.332. The van der Waals surface area contributed by atoms with Crippen LogP contribution >= 0.6 is 0 Å². The third kappa shape index (κ3) is 2.88. The molecule has 0 bridgehead atoms. The first-order valence-corrected chi connectivity index (χ1v) is 6.61. The van der Waals surface area contributed by atoms with Gasteiger partial charge in [-0.15, -0.1) is 0 Å². The summed E-state index contributed by atoms with van der Waals surface area (Å²) in [5, 5.41) is 0. The molecule has 17 heavy (non-hydrogen) atoms. The van der Waals surface area contributed by atoms with Crippen molar-refractivity contribution >= 4 is 0 Å². The van der Waals surface area contributed by atoms with E-state index in [1.54, 1.807) is 0 Å². The van der Waals surface area contributed by atoms with Gasteiger partial charge in [0.05, 0.1) is 0 Å². The van der Waals surface area contributed by atoms with E-state index in [0.717, 1.165) is 13.1 Å². The highest BCUT2D eigenvalue weighted by Gasteiger charge is 2.25. The van der Waals surface area contributed by atoms with Crippen molar-refractivity contribution in [2.24, 2.45) is 11.7 Å². The Hall–Kier alpha value is -0.860. The molecular formula is C15H24N2. The number of nitrogens with two attached hydrogens (primary N) is 1. The largest absolute Gasteiger partial charge is 0.328 e. The molecule has 2 unspecified atom stereocenters. The molecule has 94 valence electrons. The van der Waals surface area contributed by atoms with Gasteiger partial charge in [0.15, 0.2) is 0 Å². The fraction of sp³-hybridized carbons (Fsp3) is 0.600. The molecular weight excluding hydrogens is 208 g/mol. The number of hydrogen-bond acceptors (Lipinski definition) is 2. The minimum atomic E-state index is 0.332. The predicted molar refractivity (Wildman–Crippen MR) is 72.9 cm³/mol. The van der Waals surface area contributed by atoms with Crippen LogP contribution in [-0.2, 0) is 6.54 Å². The highest BCUT2D eigenvalue weighted by molar-refractivity contribution is 5.33. The van der Waals surface area contributed by atoms with E-state index in [0.29, 0.717) is 12.0 Å². The summed E-state index contributed by atoms with van der Waals surface area (Å²) in [6, 6.07) is 6.94. The average Bonchev–Trinajstić information content (AvgIpc) is 2.73. The van der Waals surface area contributed by atoms with Gasteiger partial charge >= 0.3 is 0 Å². The molecule has 1 fully saturated rings. The van der Waals surface area contributed by atoms with Crippen LogP contribution in [0, 0.1) is 19.8 Å². The Bertz CT molecular complexity index is 385. The van der Waals surface area contributed by atoms with Crippen molar-refractivity contribution in [2.75, 3.05) is 13.1 Å². The molecule has 1 aromatic rings. The van der Waals surface area contributed by atoms with E-state index >= 15 is 0 Å². The van der Waals surface area contributed by atoms with Crippen LogP contribution in [0.15, 0.2) is 18.2 Å².